The van der Waals surface area contributed by atoms with Crippen LogP contribution in [0.3, 0.4) is 0 Å². The van der Waals surface area contributed by atoms with E-state index in [4.69, 9.17) is 14.5 Å². The number of anilines is 1. The number of benzene rings is 3. The van der Waals surface area contributed by atoms with Crippen LogP contribution in [0.4, 0.5) is 5.69 Å². The standard InChI is InChI=1S/C31H35N3O3/c1-4-22(3)24-12-6-10-16-28(24)37-19-18-33-26-14-8-7-13-25(26)32-31(33)23-20-30(35)34(21-23)27-15-9-11-17-29(27)36-5-2/h6-17,22-23H,4-5,18-21H2,1-3H3/t22-,23+/m0/s1. The first-order chi connectivity index (χ1) is 18.1. The highest BCUT2D eigenvalue weighted by atomic mass is 16.5. The van der Waals surface area contributed by atoms with Crippen molar-refractivity contribution in [1.29, 1.82) is 0 Å². The molecule has 6 heteroatoms. The van der Waals surface area contributed by atoms with Crippen LogP contribution in [0.15, 0.2) is 72.8 Å². The summed E-state index contributed by atoms with van der Waals surface area (Å²) >= 11 is 0. The van der Waals surface area contributed by atoms with E-state index in [0.29, 0.717) is 38.6 Å². The van der Waals surface area contributed by atoms with E-state index in [1.807, 2.05) is 60.4 Å². The number of rotatable bonds is 10. The molecule has 1 aliphatic rings. The van der Waals surface area contributed by atoms with Gasteiger partial charge < -0.3 is 18.9 Å². The number of carbonyl (C=O) groups is 1. The first-order valence-electron chi connectivity index (χ1n) is 13.3. The predicted molar refractivity (Wildman–Crippen MR) is 148 cm³/mol. The van der Waals surface area contributed by atoms with E-state index in [1.54, 1.807) is 0 Å². The average Bonchev–Trinajstić information content (AvgIpc) is 3.49. The minimum absolute atomic E-state index is 0.0121. The van der Waals surface area contributed by atoms with Gasteiger partial charge in [-0.05, 0) is 55.2 Å². The summed E-state index contributed by atoms with van der Waals surface area (Å²) in [6.45, 7) is 8.70. The predicted octanol–water partition coefficient (Wildman–Crippen LogP) is 6.55. The smallest absolute Gasteiger partial charge is 0.227 e. The highest BCUT2D eigenvalue weighted by Gasteiger charge is 2.36. The molecule has 0 radical (unpaired) electrons. The van der Waals surface area contributed by atoms with E-state index >= 15 is 0 Å². The molecule has 0 unspecified atom stereocenters. The molecule has 1 aliphatic heterocycles. The van der Waals surface area contributed by atoms with Gasteiger partial charge in [-0.1, -0.05) is 56.3 Å². The summed E-state index contributed by atoms with van der Waals surface area (Å²) in [5.41, 5.74) is 4.07. The Kier molecular flexibility index (Phi) is 7.45. The first-order valence-corrected chi connectivity index (χ1v) is 13.3. The molecule has 3 aromatic carbocycles. The topological polar surface area (TPSA) is 56.6 Å². The van der Waals surface area contributed by atoms with Crippen molar-refractivity contribution in [2.24, 2.45) is 0 Å². The molecule has 0 spiro atoms. The van der Waals surface area contributed by atoms with E-state index in [0.717, 1.165) is 40.5 Å². The van der Waals surface area contributed by atoms with Gasteiger partial charge in [0.2, 0.25) is 5.91 Å². The van der Waals surface area contributed by atoms with E-state index in [2.05, 4.69) is 42.7 Å². The minimum Gasteiger partial charge on any atom is -0.492 e. The van der Waals surface area contributed by atoms with Gasteiger partial charge in [-0.3, -0.25) is 4.79 Å². The fourth-order valence-electron chi connectivity index (χ4n) is 5.20. The van der Waals surface area contributed by atoms with E-state index in [-0.39, 0.29) is 11.8 Å². The molecule has 37 heavy (non-hydrogen) atoms. The van der Waals surface area contributed by atoms with Crippen LogP contribution >= 0.6 is 0 Å². The zero-order valence-corrected chi connectivity index (χ0v) is 21.9. The number of para-hydroxylation sites is 5. The van der Waals surface area contributed by atoms with Crippen LogP contribution < -0.4 is 14.4 Å². The van der Waals surface area contributed by atoms with Crippen molar-refractivity contribution in [3.8, 4) is 11.5 Å². The Balaban J connectivity index is 1.40. The number of fused-ring (bicyclic) bond motifs is 1. The molecule has 2 atom stereocenters. The quantitative estimate of drug-likeness (QED) is 0.249. The van der Waals surface area contributed by atoms with E-state index in [1.165, 1.54) is 5.56 Å². The van der Waals surface area contributed by atoms with Crippen LogP contribution in [0.2, 0.25) is 0 Å². The zero-order chi connectivity index (χ0) is 25.8. The van der Waals surface area contributed by atoms with Crippen LogP contribution in [0.5, 0.6) is 11.5 Å². The SMILES string of the molecule is CCOc1ccccc1N1C[C@H](c2nc3ccccc3n2CCOc2ccccc2[C@@H](C)CC)CC1=O. The lowest BCUT2D eigenvalue weighted by Crippen LogP contribution is -2.25. The molecule has 1 aromatic heterocycles. The Bertz CT molecular complexity index is 1380. The third-order valence-corrected chi connectivity index (χ3v) is 7.26. The Labute approximate surface area is 218 Å². The van der Waals surface area contributed by atoms with Gasteiger partial charge in [0.05, 0.1) is 29.9 Å². The monoisotopic (exact) mass is 497 g/mol. The maximum Gasteiger partial charge on any atom is 0.227 e. The van der Waals surface area contributed by atoms with Crippen molar-refractivity contribution in [2.75, 3.05) is 24.7 Å². The van der Waals surface area contributed by atoms with Crippen LogP contribution in [-0.2, 0) is 11.3 Å². The van der Waals surface area contributed by atoms with Gasteiger partial charge in [-0.2, -0.15) is 0 Å². The van der Waals surface area contributed by atoms with Gasteiger partial charge in [0.1, 0.15) is 23.9 Å². The second kappa shape index (κ2) is 11.1. The molecule has 1 amide bonds. The maximum absolute atomic E-state index is 13.2. The summed E-state index contributed by atoms with van der Waals surface area (Å²) in [5.74, 6) is 3.13. The summed E-state index contributed by atoms with van der Waals surface area (Å²) < 4.78 is 14.4. The van der Waals surface area contributed by atoms with Gasteiger partial charge in [0.15, 0.2) is 0 Å². The van der Waals surface area contributed by atoms with Gasteiger partial charge in [0.25, 0.3) is 0 Å². The van der Waals surface area contributed by atoms with Gasteiger partial charge in [-0.25, -0.2) is 4.98 Å². The van der Waals surface area contributed by atoms with Crippen LogP contribution in [0.1, 0.15) is 56.8 Å². The van der Waals surface area contributed by atoms with Crippen molar-refractivity contribution in [2.45, 2.75) is 52.0 Å². The second-order valence-corrected chi connectivity index (χ2v) is 9.61. The Morgan fingerprint density at radius 2 is 1.68 bits per heavy atom. The second-order valence-electron chi connectivity index (χ2n) is 9.61. The minimum atomic E-state index is -0.0121. The maximum atomic E-state index is 13.2. The average molecular weight is 498 g/mol. The third kappa shape index (κ3) is 5.06. The lowest BCUT2D eigenvalue weighted by atomic mass is 9.98. The molecule has 1 saturated heterocycles. The van der Waals surface area contributed by atoms with Crippen molar-refractivity contribution in [3.05, 3.63) is 84.2 Å². The molecule has 0 aliphatic carbocycles. The number of imidazole rings is 1. The lowest BCUT2D eigenvalue weighted by molar-refractivity contribution is -0.117. The highest BCUT2D eigenvalue weighted by molar-refractivity contribution is 5.97. The Morgan fingerprint density at radius 1 is 0.946 bits per heavy atom. The lowest BCUT2D eigenvalue weighted by Gasteiger charge is -2.20. The molecule has 2 heterocycles. The number of carbonyl (C=O) groups excluding carboxylic acids is 1. The molecule has 0 saturated carbocycles. The number of hydrogen-bond acceptors (Lipinski definition) is 4. The molecule has 0 N–H and O–H groups in total. The number of nitrogens with zero attached hydrogens (tertiary/aromatic N) is 3. The van der Waals surface area contributed by atoms with Crippen molar-refractivity contribution in [1.82, 2.24) is 9.55 Å². The highest BCUT2D eigenvalue weighted by Crippen LogP contribution is 2.37. The van der Waals surface area contributed by atoms with Crippen LogP contribution in [-0.4, -0.2) is 35.2 Å². The molecular formula is C31H35N3O3. The summed E-state index contributed by atoms with van der Waals surface area (Å²) in [5, 5.41) is 0. The molecule has 192 valence electrons. The Hall–Kier alpha value is -3.80. The summed E-state index contributed by atoms with van der Waals surface area (Å²) in [6, 6.07) is 24.2. The van der Waals surface area contributed by atoms with Gasteiger partial charge in [0, 0.05) is 18.9 Å². The molecule has 4 aromatic rings. The van der Waals surface area contributed by atoms with E-state index < -0.39 is 0 Å². The fraction of sp³-hybridized carbons (Fsp3) is 0.355. The molecule has 1 fully saturated rings. The number of aromatic nitrogens is 2. The molecule has 6 nitrogen and oxygen atoms in total. The first kappa shape index (κ1) is 24.9. The summed E-state index contributed by atoms with van der Waals surface area (Å²) in [6.07, 6.45) is 1.48. The van der Waals surface area contributed by atoms with Gasteiger partial charge >= 0.3 is 0 Å². The zero-order valence-electron chi connectivity index (χ0n) is 21.9. The third-order valence-electron chi connectivity index (χ3n) is 7.26. The largest absolute Gasteiger partial charge is 0.492 e. The Morgan fingerprint density at radius 3 is 2.49 bits per heavy atom. The molecule has 0 bridgehead atoms. The van der Waals surface area contributed by atoms with Crippen LogP contribution in [0, 0.1) is 0 Å². The van der Waals surface area contributed by atoms with E-state index in [9.17, 15) is 4.79 Å². The number of amides is 1. The normalized spacial score (nSPS) is 16.4. The summed E-state index contributed by atoms with van der Waals surface area (Å²) in [7, 11) is 0. The number of hydrogen-bond donors (Lipinski definition) is 0. The van der Waals surface area contributed by atoms with Gasteiger partial charge in [-0.15, -0.1) is 0 Å². The van der Waals surface area contributed by atoms with Crippen molar-refractivity contribution < 1.29 is 14.3 Å². The van der Waals surface area contributed by atoms with Crippen molar-refractivity contribution >= 4 is 22.6 Å². The fourth-order valence-corrected chi connectivity index (χ4v) is 5.20. The van der Waals surface area contributed by atoms with Crippen molar-refractivity contribution in [3.63, 3.8) is 0 Å². The molecular weight excluding hydrogens is 462 g/mol. The summed E-state index contributed by atoms with van der Waals surface area (Å²) in [4.78, 5) is 20.0. The number of ether oxygens (including phenoxy) is 2. The molecule has 5 rings (SSSR count). The van der Waals surface area contributed by atoms with Crippen LogP contribution in [0.25, 0.3) is 11.0 Å².